The van der Waals surface area contributed by atoms with Crippen molar-refractivity contribution in [2.75, 3.05) is 29.1 Å². The van der Waals surface area contributed by atoms with Crippen LogP contribution >= 0.6 is 31.1 Å². The van der Waals surface area contributed by atoms with Crippen LogP contribution in [0.4, 0.5) is 11.4 Å². The molecule has 5 aromatic carbocycles. The summed E-state index contributed by atoms with van der Waals surface area (Å²) in [5.74, 6) is 1.23. The minimum Gasteiger partial charge on any atom is -0.325 e. The molecule has 1 heterocycles. The summed E-state index contributed by atoms with van der Waals surface area (Å²) in [6.07, 6.45) is 5.77. The molecule has 264 valence electrons. The van der Waals surface area contributed by atoms with E-state index in [0.29, 0.717) is 10.0 Å². The van der Waals surface area contributed by atoms with Crippen LogP contribution in [-0.2, 0) is 19.5 Å². The molecule has 2 aliphatic rings. The number of anilines is 2. The zero-order valence-electron chi connectivity index (χ0n) is 31.0. The first-order valence-electron chi connectivity index (χ1n) is 17.8. The van der Waals surface area contributed by atoms with Gasteiger partial charge >= 0.3 is 19.5 Å². The fourth-order valence-corrected chi connectivity index (χ4v) is 11.3. The molecule has 5 aromatic rings. The summed E-state index contributed by atoms with van der Waals surface area (Å²) < 4.78 is 0. The van der Waals surface area contributed by atoms with Crippen molar-refractivity contribution in [1.82, 2.24) is 0 Å². The van der Waals surface area contributed by atoms with Crippen LogP contribution in [-0.4, -0.2) is 19.3 Å². The summed E-state index contributed by atoms with van der Waals surface area (Å²) in [6, 6.07) is 35.0. The Labute approximate surface area is 334 Å². The molecule has 6 heteroatoms. The van der Waals surface area contributed by atoms with Crippen molar-refractivity contribution < 1.29 is 19.5 Å². The van der Waals surface area contributed by atoms with Gasteiger partial charge in [-0.25, -0.2) is 0 Å². The molecular formula is C46H45Cl2N2PRu+2. The van der Waals surface area contributed by atoms with E-state index >= 15 is 0 Å². The van der Waals surface area contributed by atoms with Crippen molar-refractivity contribution in [3.8, 4) is 0 Å². The second kappa shape index (κ2) is 15.9. The number of benzene rings is 5. The van der Waals surface area contributed by atoms with E-state index in [1.807, 2.05) is 6.07 Å². The molecule has 1 saturated heterocycles. The van der Waals surface area contributed by atoms with Crippen molar-refractivity contribution in [3.05, 3.63) is 174 Å². The maximum Gasteiger partial charge on any atom is 2.00 e. The quantitative estimate of drug-likeness (QED) is 0.119. The number of rotatable bonds is 7. The van der Waals surface area contributed by atoms with Gasteiger partial charge in [-0.3, -0.25) is 0 Å². The van der Waals surface area contributed by atoms with Crippen LogP contribution in [0.25, 0.3) is 17.2 Å². The number of allylic oxidation sites excluding steroid dienone is 4. The van der Waals surface area contributed by atoms with Crippen LogP contribution in [0.2, 0.25) is 10.0 Å². The molecule has 0 aromatic heterocycles. The van der Waals surface area contributed by atoms with Crippen molar-refractivity contribution in [2.24, 2.45) is 0 Å². The fourth-order valence-electron chi connectivity index (χ4n) is 8.30. The summed E-state index contributed by atoms with van der Waals surface area (Å²) in [7, 11) is -0.967. The van der Waals surface area contributed by atoms with E-state index in [9.17, 15) is 0 Å². The zero-order chi connectivity index (χ0) is 36.0. The first-order valence-corrected chi connectivity index (χ1v) is 20.1. The largest absolute Gasteiger partial charge is 2.00 e. The summed E-state index contributed by atoms with van der Waals surface area (Å²) in [5, 5.41) is 3.65. The van der Waals surface area contributed by atoms with E-state index < -0.39 is 7.92 Å². The Morgan fingerprint density at radius 1 is 0.692 bits per heavy atom. The molecule has 0 bridgehead atoms. The topological polar surface area (TPSA) is 6.48 Å². The minimum atomic E-state index is -0.967. The molecule has 0 saturated carbocycles. The van der Waals surface area contributed by atoms with Gasteiger partial charge in [-0.05, 0) is 124 Å². The standard InChI is InChI=1S/C46H45Cl2N2P.Ru/c1-8-51(41-20-14-19-40(47)43(41)48)42(28-39-37-18-13-12-17-36(37)27-38(39)35-15-10-9-11-16-35)46-49(44-31(4)23-29(2)24-32(44)5)21-22-50(46)45-33(6)25-30(3)26-34(45)7;/h9-20,23-28H,8,21-22H2,1-7H3;/q;+2. The predicted molar refractivity (Wildman–Crippen MR) is 225 cm³/mol. The number of aryl methyl sites for hydroxylation is 6. The van der Waals surface area contributed by atoms with Gasteiger partial charge in [0.25, 0.3) is 0 Å². The number of fused-ring (bicyclic) bond motifs is 1. The third-order valence-electron chi connectivity index (χ3n) is 10.1. The van der Waals surface area contributed by atoms with Crippen LogP contribution in [0.5, 0.6) is 0 Å². The van der Waals surface area contributed by atoms with Gasteiger partial charge in [-0.15, -0.1) is 0 Å². The van der Waals surface area contributed by atoms with E-state index in [1.165, 1.54) is 83.7 Å². The molecule has 0 spiro atoms. The van der Waals surface area contributed by atoms with Crippen LogP contribution in [0.3, 0.4) is 0 Å². The molecular weight excluding hydrogens is 783 g/mol. The summed E-state index contributed by atoms with van der Waals surface area (Å²) >= 11 is 14.0. The van der Waals surface area contributed by atoms with Crippen molar-refractivity contribution >= 4 is 65.0 Å². The maximum atomic E-state index is 7.18. The van der Waals surface area contributed by atoms with Crippen LogP contribution in [0, 0.1) is 41.5 Å². The average molecular weight is 829 g/mol. The molecule has 0 N–H and O–H groups in total. The Kier molecular flexibility index (Phi) is 11.7. The van der Waals surface area contributed by atoms with Crippen molar-refractivity contribution in [2.45, 2.75) is 48.5 Å². The van der Waals surface area contributed by atoms with Crippen LogP contribution in [0.15, 0.2) is 114 Å². The van der Waals surface area contributed by atoms with Gasteiger partial charge in [0.2, 0.25) is 0 Å². The molecule has 1 atom stereocenters. The van der Waals surface area contributed by atoms with Crippen molar-refractivity contribution in [3.63, 3.8) is 0 Å². The summed E-state index contributed by atoms with van der Waals surface area (Å²) in [5.41, 5.74) is 16.4. The second-order valence-corrected chi connectivity index (χ2v) is 17.1. The second-order valence-electron chi connectivity index (χ2n) is 13.9. The Balaban J connectivity index is 0.00000464. The monoisotopic (exact) mass is 828 g/mol. The molecule has 1 fully saturated rings. The number of halogens is 2. The minimum absolute atomic E-state index is 0. The molecule has 1 aliphatic heterocycles. The summed E-state index contributed by atoms with van der Waals surface area (Å²) in [6.45, 7) is 17.5. The smallest absolute Gasteiger partial charge is 0.325 e. The molecule has 7 rings (SSSR count). The SMILES string of the molecule is CCP(C(C=C1C(c2ccccc2)=Cc2ccccc21)=C1N(c2c(C)cc(C)cc2C)CCN1c1c(C)cc(C)cc1C)c1cccc(Cl)c1Cl.[Ru+2]. The van der Waals surface area contributed by atoms with E-state index in [-0.39, 0.29) is 19.5 Å². The normalized spacial score (nSPS) is 15.1. The van der Waals surface area contributed by atoms with Gasteiger partial charge < -0.3 is 9.80 Å². The van der Waals surface area contributed by atoms with Crippen LogP contribution < -0.4 is 15.1 Å². The average Bonchev–Trinajstić information content (AvgIpc) is 3.67. The predicted octanol–water partition coefficient (Wildman–Crippen LogP) is 12.8. The zero-order valence-corrected chi connectivity index (χ0v) is 35.1. The van der Waals surface area contributed by atoms with E-state index in [4.69, 9.17) is 23.2 Å². The van der Waals surface area contributed by atoms with Gasteiger partial charge in [-0.1, -0.05) is 132 Å². The first-order chi connectivity index (χ1) is 24.6. The van der Waals surface area contributed by atoms with Gasteiger partial charge in [0.15, 0.2) is 0 Å². The molecule has 0 amide bonds. The number of hydrogen-bond donors (Lipinski definition) is 0. The first kappa shape index (κ1) is 38.3. The van der Waals surface area contributed by atoms with Gasteiger partial charge in [0.1, 0.15) is 5.82 Å². The molecule has 2 nitrogen and oxygen atoms in total. The Morgan fingerprint density at radius 3 is 1.79 bits per heavy atom. The van der Waals surface area contributed by atoms with E-state index in [2.05, 4.69) is 161 Å². The summed E-state index contributed by atoms with van der Waals surface area (Å²) in [4.78, 5) is 5.21. The number of hydrogen-bond acceptors (Lipinski definition) is 2. The number of nitrogens with zero attached hydrogens (tertiary/aromatic N) is 2. The van der Waals surface area contributed by atoms with Gasteiger partial charge in [-0.2, -0.15) is 0 Å². The maximum absolute atomic E-state index is 7.18. The Hall–Kier alpha value is -3.45. The Morgan fingerprint density at radius 2 is 1.23 bits per heavy atom. The van der Waals surface area contributed by atoms with Gasteiger partial charge in [0, 0.05) is 35.1 Å². The molecule has 1 aliphatic carbocycles. The van der Waals surface area contributed by atoms with Crippen LogP contribution in [0.1, 0.15) is 57.0 Å². The molecule has 52 heavy (non-hydrogen) atoms. The molecule has 0 radical (unpaired) electrons. The fraction of sp³-hybridized carbons (Fsp3) is 0.217. The third kappa shape index (κ3) is 7.11. The Bertz CT molecular complexity index is 2140. The third-order valence-corrected chi connectivity index (χ3v) is 13.6. The molecule has 1 unspecified atom stereocenters. The van der Waals surface area contributed by atoms with Gasteiger partial charge in [0.05, 0.1) is 10.0 Å². The van der Waals surface area contributed by atoms with E-state index in [0.717, 1.165) is 24.6 Å². The van der Waals surface area contributed by atoms with E-state index in [1.54, 1.807) is 0 Å². The van der Waals surface area contributed by atoms with Crippen molar-refractivity contribution in [1.29, 1.82) is 0 Å².